The van der Waals surface area contributed by atoms with Crippen molar-refractivity contribution in [3.05, 3.63) is 52.8 Å². The van der Waals surface area contributed by atoms with Gasteiger partial charge in [-0.1, -0.05) is 12.1 Å². The Morgan fingerprint density at radius 3 is 2.73 bits per heavy atom. The second-order valence-corrected chi connectivity index (χ2v) is 7.32. The molecule has 2 saturated heterocycles. The molecule has 6 heteroatoms. The predicted molar refractivity (Wildman–Crippen MR) is 97.3 cm³/mol. The van der Waals surface area contributed by atoms with Gasteiger partial charge in [0.05, 0.1) is 37.6 Å². The van der Waals surface area contributed by atoms with E-state index in [1.807, 2.05) is 47.7 Å². The Labute approximate surface area is 153 Å². The maximum Gasteiger partial charge on any atom is 0.254 e. The number of carbonyl (C=O) groups excluding carboxylic acids is 1. The molecule has 1 unspecified atom stereocenters. The van der Waals surface area contributed by atoms with E-state index < -0.39 is 0 Å². The number of rotatable bonds is 3. The van der Waals surface area contributed by atoms with Crippen LogP contribution in [-0.2, 0) is 16.0 Å². The van der Waals surface area contributed by atoms with Crippen molar-refractivity contribution in [2.75, 3.05) is 33.0 Å². The largest absolute Gasteiger partial charge is 0.379 e. The van der Waals surface area contributed by atoms with E-state index in [-0.39, 0.29) is 11.4 Å². The number of benzene rings is 1. The number of hydrogen-bond donors (Lipinski definition) is 0. The van der Waals surface area contributed by atoms with Gasteiger partial charge < -0.3 is 14.4 Å². The van der Waals surface area contributed by atoms with Crippen LogP contribution in [0.25, 0.3) is 0 Å². The molecule has 1 spiro atoms. The smallest absolute Gasteiger partial charge is 0.254 e. The number of ether oxygens (including phenoxy) is 2. The molecule has 0 saturated carbocycles. The van der Waals surface area contributed by atoms with Crippen molar-refractivity contribution in [3.8, 4) is 0 Å². The van der Waals surface area contributed by atoms with E-state index in [9.17, 15) is 4.79 Å². The van der Waals surface area contributed by atoms with Crippen LogP contribution in [0.1, 0.15) is 33.7 Å². The summed E-state index contributed by atoms with van der Waals surface area (Å²) in [7, 11) is 0. The lowest BCUT2D eigenvalue weighted by atomic mass is 9.94. The van der Waals surface area contributed by atoms with Gasteiger partial charge in [0.15, 0.2) is 0 Å². The van der Waals surface area contributed by atoms with Gasteiger partial charge in [0.25, 0.3) is 5.91 Å². The number of nitrogens with zero attached hydrogens (tertiary/aromatic N) is 3. The van der Waals surface area contributed by atoms with Gasteiger partial charge in [0, 0.05) is 24.4 Å². The minimum absolute atomic E-state index is 0.0639. The second-order valence-electron chi connectivity index (χ2n) is 7.32. The Bertz CT molecular complexity index is 808. The van der Waals surface area contributed by atoms with Crippen molar-refractivity contribution in [3.63, 3.8) is 0 Å². The molecular formula is C20H25N3O3. The Morgan fingerprint density at radius 2 is 2.00 bits per heavy atom. The Hall–Kier alpha value is -2.18. The molecule has 2 aliphatic heterocycles. The highest BCUT2D eigenvalue weighted by Crippen LogP contribution is 2.30. The first kappa shape index (κ1) is 17.2. The standard InChI is InChI=1S/C20H25N3O3/c1-15-10-16(2)23(21-15)12-17-4-3-5-18(11-17)19(24)22-7-9-26-14-20(22)6-8-25-13-20/h3-5,10-11H,6-9,12-14H2,1-2H3. The second kappa shape index (κ2) is 6.85. The van der Waals surface area contributed by atoms with E-state index in [1.54, 1.807) is 0 Å². The van der Waals surface area contributed by atoms with Crippen LogP contribution < -0.4 is 0 Å². The first-order valence-corrected chi connectivity index (χ1v) is 9.15. The molecule has 2 aliphatic rings. The van der Waals surface area contributed by atoms with Crippen LogP contribution in [0.15, 0.2) is 30.3 Å². The molecule has 0 bridgehead atoms. The summed E-state index contributed by atoms with van der Waals surface area (Å²) in [5.74, 6) is 0.0639. The molecule has 138 valence electrons. The number of aryl methyl sites for hydroxylation is 2. The highest BCUT2D eigenvalue weighted by molar-refractivity contribution is 5.95. The number of morpholine rings is 1. The first-order valence-electron chi connectivity index (χ1n) is 9.15. The molecule has 3 heterocycles. The Morgan fingerprint density at radius 1 is 1.19 bits per heavy atom. The van der Waals surface area contributed by atoms with E-state index >= 15 is 0 Å². The topological polar surface area (TPSA) is 56.6 Å². The van der Waals surface area contributed by atoms with E-state index in [0.29, 0.717) is 39.5 Å². The number of hydrogen-bond acceptors (Lipinski definition) is 4. The van der Waals surface area contributed by atoms with Gasteiger partial charge in [0.1, 0.15) is 0 Å². The molecule has 0 N–H and O–H groups in total. The van der Waals surface area contributed by atoms with Crippen molar-refractivity contribution < 1.29 is 14.3 Å². The fraction of sp³-hybridized carbons (Fsp3) is 0.500. The van der Waals surface area contributed by atoms with E-state index in [4.69, 9.17) is 9.47 Å². The van der Waals surface area contributed by atoms with Crippen LogP contribution in [0, 0.1) is 13.8 Å². The third-order valence-electron chi connectivity index (χ3n) is 5.34. The molecule has 4 rings (SSSR count). The van der Waals surface area contributed by atoms with Crippen LogP contribution in [-0.4, -0.2) is 59.1 Å². The average molecular weight is 355 g/mol. The summed E-state index contributed by atoms with van der Waals surface area (Å²) < 4.78 is 13.2. The summed E-state index contributed by atoms with van der Waals surface area (Å²) in [5.41, 5.74) is 3.62. The molecular weight excluding hydrogens is 330 g/mol. The molecule has 6 nitrogen and oxygen atoms in total. The molecule has 1 aromatic heterocycles. The van der Waals surface area contributed by atoms with E-state index in [0.717, 1.165) is 28.9 Å². The highest BCUT2D eigenvalue weighted by atomic mass is 16.5. The highest BCUT2D eigenvalue weighted by Gasteiger charge is 2.45. The quantitative estimate of drug-likeness (QED) is 0.847. The van der Waals surface area contributed by atoms with Gasteiger partial charge in [0.2, 0.25) is 0 Å². The zero-order chi connectivity index (χ0) is 18.1. The van der Waals surface area contributed by atoms with Crippen molar-refractivity contribution in [1.29, 1.82) is 0 Å². The lowest BCUT2D eigenvalue weighted by Gasteiger charge is -2.43. The van der Waals surface area contributed by atoms with Gasteiger partial charge in [-0.05, 0) is 44.0 Å². The van der Waals surface area contributed by atoms with Crippen molar-refractivity contribution in [2.24, 2.45) is 0 Å². The molecule has 0 radical (unpaired) electrons. The van der Waals surface area contributed by atoms with Gasteiger partial charge in [-0.2, -0.15) is 5.10 Å². The van der Waals surface area contributed by atoms with E-state index in [2.05, 4.69) is 11.2 Å². The lowest BCUT2D eigenvalue weighted by Crippen LogP contribution is -2.59. The van der Waals surface area contributed by atoms with Crippen LogP contribution in [0.2, 0.25) is 0 Å². The summed E-state index contributed by atoms with van der Waals surface area (Å²) in [6.45, 7) is 7.71. The zero-order valence-electron chi connectivity index (χ0n) is 15.4. The SMILES string of the molecule is Cc1cc(C)n(Cc2cccc(C(=O)N3CCOCC34CCOC4)c2)n1. The molecule has 2 aromatic rings. The summed E-state index contributed by atoms with van der Waals surface area (Å²) in [6.07, 6.45) is 0.837. The number of amides is 1. The molecule has 0 aliphatic carbocycles. The fourth-order valence-electron chi connectivity index (χ4n) is 3.94. The zero-order valence-corrected chi connectivity index (χ0v) is 15.4. The average Bonchev–Trinajstić information content (AvgIpc) is 3.22. The van der Waals surface area contributed by atoms with Gasteiger partial charge >= 0.3 is 0 Å². The maximum absolute atomic E-state index is 13.2. The van der Waals surface area contributed by atoms with Crippen molar-refractivity contribution in [1.82, 2.24) is 14.7 Å². The third-order valence-corrected chi connectivity index (χ3v) is 5.34. The first-order chi connectivity index (χ1) is 12.6. The molecule has 1 amide bonds. The molecule has 1 atom stereocenters. The number of carbonyl (C=O) groups is 1. The molecule has 2 fully saturated rings. The summed E-state index contributed by atoms with van der Waals surface area (Å²) >= 11 is 0. The molecule has 1 aromatic carbocycles. The fourth-order valence-corrected chi connectivity index (χ4v) is 3.94. The number of aromatic nitrogens is 2. The van der Waals surface area contributed by atoms with Crippen LogP contribution in [0.5, 0.6) is 0 Å². The van der Waals surface area contributed by atoms with Crippen molar-refractivity contribution in [2.45, 2.75) is 32.4 Å². The Balaban J connectivity index is 1.57. The van der Waals surface area contributed by atoms with E-state index in [1.165, 1.54) is 0 Å². The summed E-state index contributed by atoms with van der Waals surface area (Å²) in [5, 5.41) is 4.52. The normalized spacial score (nSPS) is 22.9. The minimum atomic E-state index is -0.305. The lowest BCUT2D eigenvalue weighted by molar-refractivity contribution is -0.0551. The Kier molecular flexibility index (Phi) is 4.54. The van der Waals surface area contributed by atoms with Crippen LogP contribution in [0.3, 0.4) is 0 Å². The van der Waals surface area contributed by atoms with Crippen LogP contribution in [0.4, 0.5) is 0 Å². The van der Waals surface area contributed by atoms with Crippen molar-refractivity contribution >= 4 is 5.91 Å². The third kappa shape index (κ3) is 3.15. The van der Waals surface area contributed by atoms with Crippen LogP contribution >= 0.6 is 0 Å². The van der Waals surface area contributed by atoms with Gasteiger partial charge in [-0.3, -0.25) is 9.48 Å². The predicted octanol–water partition coefficient (Wildman–Crippen LogP) is 2.18. The van der Waals surface area contributed by atoms with Gasteiger partial charge in [-0.25, -0.2) is 0 Å². The minimum Gasteiger partial charge on any atom is -0.379 e. The summed E-state index contributed by atoms with van der Waals surface area (Å²) in [6, 6.07) is 9.93. The monoisotopic (exact) mass is 355 g/mol. The van der Waals surface area contributed by atoms with Gasteiger partial charge in [-0.15, -0.1) is 0 Å². The maximum atomic E-state index is 13.2. The summed E-state index contributed by atoms with van der Waals surface area (Å²) in [4.78, 5) is 15.2. The molecule has 26 heavy (non-hydrogen) atoms.